The second kappa shape index (κ2) is 7.87. The Hall–Kier alpha value is -2.52. The molecule has 1 aromatic carbocycles. The normalized spacial score (nSPS) is 22.4. The highest BCUT2D eigenvalue weighted by Gasteiger charge is 2.41. The van der Waals surface area contributed by atoms with Gasteiger partial charge < -0.3 is 14.7 Å². The van der Waals surface area contributed by atoms with Crippen molar-refractivity contribution in [3.05, 3.63) is 35.1 Å². The lowest BCUT2D eigenvalue weighted by Crippen LogP contribution is -2.40. The van der Waals surface area contributed by atoms with Gasteiger partial charge in [0.05, 0.1) is 35.2 Å². The first-order valence-corrected chi connectivity index (χ1v) is 11.6. The van der Waals surface area contributed by atoms with Crippen LogP contribution in [0.25, 0.3) is 10.2 Å². The zero-order valence-electron chi connectivity index (χ0n) is 17.9. The molecular formula is C22H27N5O3S. The molecule has 0 radical (unpaired) electrons. The number of nitrogens with zero attached hydrogens (tertiary/aromatic N) is 5. The number of amides is 1. The fourth-order valence-corrected chi connectivity index (χ4v) is 5.43. The zero-order chi connectivity index (χ0) is 21.7. The number of aromatic nitrogens is 4. The topological polar surface area (TPSA) is 93.4 Å². The summed E-state index contributed by atoms with van der Waals surface area (Å²) in [5.41, 5.74) is 1.82. The van der Waals surface area contributed by atoms with Crippen LogP contribution in [-0.4, -0.2) is 55.6 Å². The first-order chi connectivity index (χ1) is 14.9. The predicted octanol–water partition coefficient (Wildman–Crippen LogP) is 3.31. The molecule has 2 aromatic heterocycles. The molecule has 1 saturated carbocycles. The Labute approximate surface area is 184 Å². The van der Waals surface area contributed by atoms with E-state index >= 15 is 0 Å². The van der Waals surface area contributed by atoms with Gasteiger partial charge in [-0.15, -0.1) is 16.4 Å². The number of ether oxygens (including phenoxy) is 1. The highest BCUT2D eigenvalue weighted by molar-refractivity contribution is 7.18. The largest absolute Gasteiger partial charge is 0.497 e. The van der Waals surface area contributed by atoms with E-state index in [1.54, 1.807) is 28.0 Å². The summed E-state index contributed by atoms with van der Waals surface area (Å²) in [5, 5.41) is 19.9. The van der Waals surface area contributed by atoms with Gasteiger partial charge in [0.2, 0.25) is 5.91 Å². The summed E-state index contributed by atoms with van der Waals surface area (Å²) in [5.74, 6) is 1.24. The van der Waals surface area contributed by atoms with Crippen LogP contribution in [0.15, 0.2) is 24.4 Å². The molecule has 2 aliphatic rings. The highest BCUT2D eigenvalue weighted by atomic mass is 32.1. The van der Waals surface area contributed by atoms with Gasteiger partial charge in [-0.1, -0.05) is 19.1 Å². The molecule has 1 aliphatic carbocycles. The van der Waals surface area contributed by atoms with E-state index in [9.17, 15) is 9.90 Å². The zero-order valence-corrected chi connectivity index (χ0v) is 18.7. The van der Waals surface area contributed by atoms with Gasteiger partial charge in [0.1, 0.15) is 16.8 Å². The third-order valence-electron chi connectivity index (χ3n) is 6.15. The van der Waals surface area contributed by atoms with E-state index in [0.29, 0.717) is 18.9 Å². The van der Waals surface area contributed by atoms with Crippen LogP contribution in [0.1, 0.15) is 61.8 Å². The molecule has 1 N–H and O–H groups in total. The average molecular weight is 442 g/mol. The number of benzene rings is 1. The molecule has 3 atom stereocenters. The fraction of sp³-hybridized carbons (Fsp3) is 0.545. The number of hydrogen-bond donors (Lipinski definition) is 1. The maximum Gasteiger partial charge on any atom is 0.248 e. The summed E-state index contributed by atoms with van der Waals surface area (Å²) in [6, 6.07) is 5.09. The minimum absolute atomic E-state index is 0.0410. The van der Waals surface area contributed by atoms with E-state index in [-0.39, 0.29) is 17.9 Å². The molecule has 164 valence electrons. The Balaban J connectivity index is 1.45. The number of aliphatic hydroxyl groups is 1. The van der Waals surface area contributed by atoms with E-state index in [2.05, 4.69) is 10.3 Å². The van der Waals surface area contributed by atoms with Gasteiger partial charge in [0.25, 0.3) is 0 Å². The number of thiazole rings is 1. The van der Waals surface area contributed by atoms with Crippen molar-refractivity contribution in [2.45, 2.75) is 57.2 Å². The standard InChI is InChI=1S/C22H27N5O3S/c1-12(2)20(27-11-17(24-25-27)13-4-5-13)22(29)26-10-14(28)8-18(26)21-23-16-9-15(30-3)6-7-19(16)31-21/h6-7,9,11-14,18,20,28H,4-5,8,10H2,1-3H3/t14-,18+,20+/m1/s1. The van der Waals surface area contributed by atoms with Gasteiger partial charge in [-0.05, 0) is 30.9 Å². The number of rotatable bonds is 6. The molecule has 2 fully saturated rings. The van der Waals surface area contributed by atoms with Crippen molar-refractivity contribution in [3.8, 4) is 5.75 Å². The number of hydrogen-bond acceptors (Lipinski definition) is 7. The second-order valence-electron chi connectivity index (χ2n) is 8.87. The molecule has 0 bridgehead atoms. The van der Waals surface area contributed by atoms with Crippen molar-refractivity contribution in [1.29, 1.82) is 0 Å². The minimum atomic E-state index is -0.568. The smallest absolute Gasteiger partial charge is 0.248 e. The summed E-state index contributed by atoms with van der Waals surface area (Å²) in [6.07, 6.45) is 4.12. The first-order valence-electron chi connectivity index (χ1n) is 10.8. The quantitative estimate of drug-likeness (QED) is 0.631. The Morgan fingerprint density at radius 3 is 2.84 bits per heavy atom. The molecular weight excluding hydrogens is 414 g/mol. The van der Waals surface area contributed by atoms with Crippen molar-refractivity contribution in [1.82, 2.24) is 24.9 Å². The number of β-amino-alcohol motifs (C(OH)–C–C–N with tert-alkyl or cyclic N) is 1. The van der Waals surface area contributed by atoms with Gasteiger partial charge >= 0.3 is 0 Å². The van der Waals surface area contributed by atoms with Crippen LogP contribution in [0, 0.1) is 5.92 Å². The van der Waals surface area contributed by atoms with E-state index in [1.165, 1.54) is 0 Å². The van der Waals surface area contributed by atoms with E-state index in [1.807, 2.05) is 38.2 Å². The number of aliphatic hydroxyl groups excluding tert-OH is 1. The number of methoxy groups -OCH3 is 1. The molecule has 9 heteroatoms. The van der Waals surface area contributed by atoms with E-state index < -0.39 is 12.1 Å². The third kappa shape index (κ3) is 3.80. The van der Waals surface area contributed by atoms with Crippen LogP contribution in [0.4, 0.5) is 0 Å². The van der Waals surface area contributed by atoms with Crippen LogP contribution in [0.3, 0.4) is 0 Å². The Kier molecular flexibility index (Phi) is 5.18. The molecule has 3 aromatic rings. The van der Waals surface area contributed by atoms with Gasteiger partial charge in [0.15, 0.2) is 0 Å². The lowest BCUT2D eigenvalue weighted by atomic mass is 10.0. The maximum atomic E-state index is 13.7. The molecule has 1 saturated heterocycles. The molecule has 0 spiro atoms. The molecule has 0 unspecified atom stereocenters. The van der Waals surface area contributed by atoms with Crippen LogP contribution in [0.5, 0.6) is 5.75 Å². The van der Waals surface area contributed by atoms with Gasteiger partial charge in [-0.3, -0.25) is 4.79 Å². The lowest BCUT2D eigenvalue weighted by Gasteiger charge is -2.29. The fourth-order valence-electron chi connectivity index (χ4n) is 4.35. The van der Waals surface area contributed by atoms with Crippen LogP contribution < -0.4 is 4.74 Å². The number of likely N-dealkylation sites (tertiary alicyclic amines) is 1. The maximum absolute atomic E-state index is 13.7. The first kappa shape index (κ1) is 20.4. The Bertz CT molecular complexity index is 1110. The third-order valence-corrected chi connectivity index (χ3v) is 7.29. The predicted molar refractivity (Wildman–Crippen MR) is 117 cm³/mol. The van der Waals surface area contributed by atoms with Gasteiger partial charge in [0, 0.05) is 31.1 Å². The van der Waals surface area contributed by atoms with Crippen molar-refractivity contribution in [2.24, 2.45) is 5.92 Å². The summed E-state index contributed by atoms with van der Waals surface area (Å²) >= 11 is 1.56. The summed E-state index contributed by atoms with van der Waals surface area (Å²) in [4.78, 5) is 20.3. The minimum Gasteiger partial charge on any atom is -0.497 e. The van der Waals surface area contributed by atoms with Crippen LogP contribution in [-0.2, 0) is 4.79 Å². The number of fused-ring (bicyclic) bond motifs is 1. The molecule has 1 aliphatic heterocycles. The monoisotopic (exact) mass is 441 g/mol. The van der Waals surface area contributed by atoms with Gasteiger partial charge in [-0.25, -0.2) is 9.67 Å². The van der Waals surface area contributed by atoms with Gasteiger partial charge in [-0.2, -0.15) is 0 Å². The van der Waals surface area contributed by atoms with Crippen LogP contribution in [0.2, 0.25) is 0 Å². The van der Waals surface area contributed by atoms with Crippen LogP contribution >= 0.6 is 11.3 Å². The average Bonchev–Trinajstić information content (AvgIpc) is 3.15. The van der Waals surface area contributed by atoms with Crippen molar-refractivity contribution < 1.29 is 14.6 Å². The Morgan fingerprint density at radius 2 is 2.13 bits per heavy atom. The lowest BCUT2D eigenvalue weighted by molar-refractivity contribution is -0.137. The number of carbonyl (C=O) groups excluding carboxylic acids is 1. The SMILES string of the molecule is COc1ccc2sc([C@@H]3C[C@@H](O)CN3C(=O)[C@H](C(C)C)n3cc(C4CC4)nn3)nc2c1. The summed E-state index contributed by atoms with van der Waals surface area (Å²) in [6.45, 7) is 4.34. The van der Waals surface area contributed by atoms with E-state index in [4.69, 9.17) is 9.72 Å². The number of carbonyl (C=O) groups is 1. The molecule has 1 amide bonds. The van der Waals surface area contributed by atoms with E-state index in [0.717, 1.165) is 39.5 Å². The van der Waals surface area contributed by atoms with Crippen molar-refractivity contribution in [3.63, 3.8) is 0 Å². The van der Waals surface area contributed by atoms with Crippen molar-refractivity contribution >= 4 is 27.5 Å². The molecule has 8 nitrogen and oxygen atoms in total. The summed E-state index contributed by atoms with van der Waals surface area (Å²) in [7, 11) is 1.63. The molecule has 3 heterocycles. The Morgan fingerprint density at radius 1 is 1.32 bits per heavy atom. The molecule has 31 heavy (non-hydrogen) atoms. The second-order valence-corrected chi connectivity index (χ2v) is 9.93. The van der Waals surface area contributed by atoms with Crippen molar-refractivity contribution in [2.75, 3.05) is 13.7 Å². The highest BCUT2D eigenvalue weighted by Crippen LogP contribution is 2.41. The molecule has 5 rings (SSSR count). The summed E-state index contributed by atoms with van der Waals surface area (Å²) < 4.78 is 8.06.